The van der Waals surface area contributed by atoms with Crippen molar-refractivity contribution in [2.24, 2.45) is 13.0 Å². The predicted molar refractivity (Wildman–Crippen MR) is 73.5 cm³/mol. The first kappa shape index (κ1) is 12.3. The molecule has 0 radical (unpaired) electrons. The van der Waals surface area contributed by atoms with Gasteiger partial charge in [-0.25, -0.2) is 0 Å². The Bertz CT molecular complexity index is 542. The zero-order chi connectivity index (χ0) is 13.1. The lowest BCUT2D eigenvalue weighted by atomic mass is 9.93. The second-order valence-corrected chi connectivity index (χ2v) is 5.11. The van der Waals surface area contributed by atoms with Crippen LogP contribution >= 0.6 is 0 Å². The molecule has 1 atom stereocenters. The summed E-state index contributed by atoms with van der Waals surface area (Å²) in [6.07, 6.45) is 8.86. The predicted octanol–water partition coefficient (Wildman–Crippen LogP) is 1.42. The van der Waals surface area contributed by atoms with E-state index in [4.69, 9.17) is 0 Å². The summed E-state index contributed by atoms with van der Waals surface area (Å²) in [4.78, 5) is 9.04. The second-order valence-electron chi connectivity index (χ2n) is 5.11. The Balaban J connectivity index is 1.87. The minimum absolute atomic E-state index is 0.664. The van der Waals surface area contributed by atoms with Gasteiger partial charge >= 0.3 is 0 Å². The Labute approximate surface area is 113 Å². The molecule has 2 aromatic heterocycles. The van der Waals surface area contributed by atoms with Crippen LogP contribution in [0.25, 0.3) is 11.4 Å². The van der Waals surface area contributed by atoms with E-state index in [2.05, 4.69) is 20.4 Å². The maximum atomic E-state index is 4.54. The fourth-order valence-corrected chi connectivity index (χ4v) is 2.71. The van der Waals surface area contributed by atoms with E-state index < -0.39 is 0 Å². The van der Waals surface area contributed by atoms with Gasteiger partial charge in [-0.05, 0) is 44.3 Å². The number of aromatic nitrogens is 4. The van der Waals surface area contributed by atoms with E-state index in [0.717, 1.165) is 36.6 Å². The number of piperidine rings is 1. The molecule has 0 bridgehead atoms. The van der Waals surface area contributed by atoms with Crippen molar-refractivity contribution in [3.05, 3.63) is 30.4 Å². The van der Waals surface area contributed by atoms with Gasteiger partial charge in [0.2, 0.25) is 0 Å². The first-order valence-electron chi connectivity index (χ1n) is 6.83. The van der Waals surface area contributed by atoms with Gasteiger partial charge in [0, 0.05) is 25.6 Å². The number of hydrogen-bond acceptors (Lipinski definition) is 4. The van der Waals surface area contributed by atoms with Crippen LogP contribution in [0.5, 0.6) is 0 Å². The molecule has 1 N–H and O–H groups in total. The van der Waals surface area contributed by atoms with E-state index in [0.29, 0.717) is 5.92 Å². The van der Waals surface area contributed by atoms with Crippen molar-refractivity contribution in [3.8, 4) is 11.4 Å². The third-order valence-corrected chi connectivity index (χ3v) is 3.72. The highest BCUT2D eigenvalue weighted by Crippen LogP contribution is 2.23. The van der Waals surface area contributed by atoms with Crippen molar-refractivity contribution in [3.63, 3.8) is 0 Å². The molecule has 0 amide bonds. The maximum absolute atomic E-state index is 4.54. The highest BCUT2D eigenvalue weighted by Gasteiger charge is 2.18. The van der Waals surface area contributed by atoms with Crippen LogP contribution in [-0.4, -0.2) is 32.8 Å². The first-order chi connectivity index (χ1) is 9.34. The second kappa shape index (κ2) is 5.48. The summed E-state index contributed by atoms with van der Waals surface area (Å²) in [5.74, 6) is 0.664. The largest absolute Gasteiger partial charge is 0.316 e. The van der Waals surface area contributed by atoms with Gasteiger partial charge in [-0.2, -0.15) is 5.10 Å². The summed E-state index contributed by atoms with van der Waals surface area (Å²) in [5.41, 5.74) is 3.08. The van der Waals surface area contributed by atoms with Crippen LogP contribution in [0, 0.1) is 5.92 Å². The van der Waals surface area contributed by atoms with E-state index >= 15 is 0 Å². The molecule has 1 fully saturated rings. The van der Waals surface area contributed by atoms with Gasteiger partial charge in [-0.1, -0.05) is 0 Å². The zero-order valence-corrected chi connectivity index (χ0v) is 11.2. The molecule has 100 valence electrons. The smallest absolute Gasteiger partial charge is 0.110 e. The van der Waals surface area contributed by atoms with E-state index in [1.165, 1.54) is 12.8 Å². The Hall–Kier alpha value is -1.75. The fraction of sp³-hybridized carbons (Fsp3) is 0.500. The lowest BCUT2D eigenvalue weighted by Crippen LogP contribution is -2.31. The highest BCUT2D eigenvalue weighted by molar-refractivity contribution is 5.56. The van der Waals surface area contributed by atoms with Crippen LogP contribution in [0.4, 0.5) is 0 Å². The van der Waals surface area contributed by atoms with E-state index in [-0.39, 0.29) is 0 Å². The summed E-state index contributed by atoms with van der Waals surface area (Å²) < 4.78 is 1.85. The van der Waals surface area contributed by atoms with Gasteiger partial charge in [0.25, 0.3) is 0 Å². The first-order valence-corrected chi connectivity index (χ1v) is 6.83. The highest BCUT2D eigenvalue weighted by atomic mass is 15.3. The Morgan fingerprint density at radius 2 is 2.21 bits per heavy atom. The average molecular weight is 257 g/mol. The summed E-state index contributed by atoms with van der Waals surface area (Å²) in [6.45, 7) is 2.23. The lowest BCUT2D eigenvalue weighted by Gasteiger charge is -2.22. The van der Waals surface area contributed by atoms with Crippen LogP contribution < -0.4 is 5.32 Å². The Kier molecular flexibility index (Phi) is 3.55. The molecule has 0 unspecified atom stereocenters. The van der Waals surface area contributed by atoms with Gasteiger partial charge in [0.05, 0.1) is 11.4 Å². The van der Waals surface area contributed by atoms with Crippen molar-refractivity contribution in [2.75, 3.05) is 13.1 Å². The summed E-state index contributed by atoms with van der Waals surface area (Å²) >= 11 is 0. The van der Waals surface area contributed by atoms with Gasteiger partial charge in [0.1, 0.15) is 5.69 Å². The van der Waals surface area contributed by atoms with E-state index in [1.54, 1.807) is 18.6 Å². The van der Waals surface area contributed by atoms with Crippen LogP contribution in [0.1, 0.15) is 18.5 Å². The van der Waals surface area contributed by atoms with Gasteiger partial charge in [0.15, 0.2) is 0 Å². The molecule has 5 nitrogen and oxygen atoms in total. The topological polar surface area (TPSA) is 55.6 Å². The number of nitrogens with zero attached hydrogens (tertiary/aromatic N) is 4. The van der Waals surface area contributed by atoms with Crippen LogP contribution in [0.3, 0.4) is 0 Å². The average Bonchev–Trinajstić information content (AvgIpc) is 2.87. The van der Waals surface area contributed by atoms with Crippen molar-refractivity contribution in [1.29, 1.82) is 0 Å². The minimum atomic E-state index is 0.664. The number of aryl methyl sites for hydroxylation is 1. The molecule has 19 heavy (non-hydrogen) atoms. The van der Waals surface area contributed by atoms with Crippen molar-refractivity contribution < 1.29 is 0 Å². The van der Waals surface area contributed by atoms with Crippen molar-refractivity contribution in [2.45, 2.75) is 19.3 Å². The molecule has 1 aliphatic heterocycles. The molecule has 0 aromatic carbocycles. The number of hydrogen-bond donors (Lipinski definition) is 1. The van der Waals surface area contributed by atoms with Gasteiger partial charge in [-0.3, -0.25) is 14.6 Å². The molecule has 1 saturated heterocycles. The third-order valence-electron chi connectivity index (χ3n) is 3.72. The summed E-state index contributed by atoms with van der Waals surface area (Å²) in [7, 11) is 1.94. The molecule has 1 aliphatic rings. The zero-order valence-electron chi connectivity index (χ0n) is 11.2. The monoisotopic (exact) mass is 257 g/mol. The molecule has 3 heterocycles. The number of rotatable bonds is 3. The standard InChI is InChI=1S/C14H19N5/c1-19-13(4-6-18-19)14-12(16-7-8-17-14)9-11-3-2-5-15-10-11/h4,6-8,11,15H,2-3,5,9-10H2,1H3/t11-/m0/s1. The normalized spacial score (nSPS) is 19.5. The van der Waals surface area contributed by atoms with Crippen LogP contribution in [0.15, 0.2) is 24.7 Å². The maximum Gasteiger partial charge on any atom is 0.110 e. The molecular weight excluding hydrogens is 238 g/mol. The summed E-state index contributed by atoms with van der Waals surface area (Å²) in [5, 5.41) is 7.67. The number of nitrogens with one attached hydrogen (secondary N) is 1. The fourth-order valence-electron chi connectivity index (χ4n) is 2.71. The molecule has 2 aromatic rings. The van der Waals surface area contributed by atoms with Gasteiger partial charge < -0.3 is 5.32 Å². The Morgan fingerprint density at radius 1 is 1.32 bits per heavy atom. The molecular formula is C14H19N5. The molecule has 3 rings (SSSR count). The van der Waals surface area contributed by atoms with Crippen molar-refractivity contribution >= 4 is 0 Å². The van der Waals surface area contributed by atoms with Gasteiger partial charge in [-0.15, -0.1) is 0 Å². The summed E-state index contributed by atoms with van der Waals surface area (Å²) in [6, 6.07) is 1.99. The third kappa shape index (κ3) is 2.66. The molecule has 0 aliphatic carbocycles. The molecule has 5 heteroatoms. The van der Waals surface area contributed by atoms with Crippen LogP contribution in [0.2, 0.25) is 0 Å². The lowest BCUT2D eigenvalue weighted by molar-refractivity contribution is 0.373. The van der Waals surface area contributed by atoms with E-state index in [9.17, 15) is 0 Å². The minimum Gasteiger partial charge on any atom is -0.316 e. The van der Waals surface area contributed by atoms with Crippen molar-refractivity contribution in [1.82, 2.24) is 25.1 Å². The Morgan fingerprint density at radius 3 is 2.95 bits per heavy atom. The molecule has 0 saturated carbocycles. The van der Waals surface area contributed by atoms with E-state index in [1.807, 2.05) is 17.8 Å². The molecule has 0 spiro atoms. The SMILES string of the molecule is Cn1nccc1-c1nccnc1C[C@@H]1CCCNC1. The van der Waals surface area contributed by atoms with Crippen LogP contribution in [-0.2, 0) is 13.5 Å². The quantitative estimate of drug-likeness (QED) is 0.903.